The number of pyridine rings is 1. The second kappa shape index (κ2) is 5.74. The van der Waals surface area contributed by atoms with Crippen LogP contribution in [0.3, 0.4) is 0 Å². The van der Waals surface area contributed by atoms with Gasteiger partial charge in [0.25, 0.3) is 0 Å². The minimum Gasteiger partial charge on any atom is -0.505 e. The van der Waals surface area contributed by atoms with Crippen LogP contribution in [0.25, 0.3) is 11.2 Å². The zero-order valence-electron chi connectivity index (χ0n) is 11.6. The quantitative estimate of drug-likeness (QED) is 0.411. The van der Waals surface area contributed by atoms with E-state index in [1.54, 1.807) is 6.92 Å². The molecule has 9 heteroatoms. The largest absolute Gasteiger partial charge is 0.505 e. The van der Waals surface area contributed by atoms with E-state index in [4.69, 9.17) is 0 Å². The molecule has 0 spiro atoms. The fourth-order valence-electron chi connectivity index (χ4n) is 1.93. The molecule has 0 atom stereocenters. The molecule has 0 aliphatic carbocycles. The van der Waals surface area contributed by atoms with Gasteiger partial charge in [-0.2, -0.15) is 5.10 Å². The van der Waals surface area contributed by atoms with Gasteiger partial charge in [0.15, 0.2) is 11.5 Å². The van der Waals surface area contributed by atoms with Gasteiger partial charge in [0.1, 0.15) is 17.6 Å². The molecule has 3 rings (SSSR count). The molecule has 0 bridgehead atoms. The SMILES string of the molecule is Cc1ncc(CO)c(/C=N/Nc2ncnc3nc[nH]c23)c1O. The summed E-state index contributed by atoms with van der Waals surface area (Å²) in [5.74, 6) is 0.432. The summed E-state index contributed by atoms with van der Waals surface area (Å²) in [6.07, 6.45) is 5.78. The molecule has 22 heavy (non-hydrogen) atoms. The first kappa shape index (κ1) is 13.9. The van der Waals surface area contributed by atoms with Crippen molar-refractivity contribution in [1.29, 1.82) is 0 Å². The van der Waals surface area contributed by atoms with Crippen molar-refractivity contribution in [2.75, 3.05) is 5.43 Å². The van der Waals surface area contributed by atoms with E-state index in [9.17, 15) is 10.2 Å². The molecular weight excluding hydrogens is 286 g/mol. The van der Waals surface area contributed by atoms with Crippen molar-refractivity contribution in [2.24, 2.45) is 5.10 Å². The third-order valence-corrected chi connectivity index (χ3v) is 3.12. The van der Waals surface area contributed by atoms with Crippen LogP contribution in [0, 0.1) is 6.92 Å². The predicted molar refractivity (Wildman–Crippen MR) is 79.5 cm³/mol. The third kappa shape index (κ3) is 2.44. The highest BCUT2D eigenvalue weighted by atomic mass is 16.3. The van der Waals surface area contributed by atoms with Crippen molar-refractivity contribution in [1.82, 2.24) is 24.9 Å². The topological polar surface area (TPSA) is 132 Å². The maximum Gasteiger partial charge on any atom is 0.182 e. The first-order valence-corrected chi connectivity index (χ1v) is 6.42. The molecule has 0 aliphatic rings. The van der Waals surface area contributed by atoms with Crippen molar-refractivity contribution in [3.05, 3.63) is 35.7 Å². The third-order valence-electron chi connectivity index (χ3n) is 3.12. The van der Waals surface area contributed by atoms with Crippen molar-refractivity contribution in [2.45, 2.75) is 13.5 Å². The molecule has 3 aromatic heterocycles. The second-order valence-corrected chi connectivity index (χ2v) is 4.48. The molecule has 9 nitrogen and oxygen atoms in total. The number of aromatic hydroxyl groups is 1. The number of hydrazone groups is 1. The van der Waals surface area contributed by atoms with Crippen LogP contribution >= 0.6 is 0 Å². The average Bonchev–Trinajstić information content (AvgIpc) is 3.01. The number of anilines is 1. The number of hydrogen-bond acceptors (Lipinski definition) is 8. The highest BCUT2D eigenvalue weighted by Gasteiger charge is 2.09. The van der Waals surface area contributed by atoms with Gasteiger partial charge in [-0.25, -0.2) is 15.0 Å². The van der Waals surface area contributed by atoms with Crippen LogP contribution in [-0.2, 0) is 6.61 Å². The van der Waals surface area contributed by atoms with E-state index in [0.29, 0.717) is 33.8 Å². The van der Waals surface area contributed by atoms with Gasteiger partial charge in [-0.05, 0) is 6.92 Å². The van der Waals surface area contributed by atoms with Crippen LogP contribution in [0.5, 0.6) is 5.75 Å². The number of H-pyrrole nitrogens is 1. The van der Waals surface area contributed by atoms with Crippen molar-refractivity contribution in [3.8, 4) is 5.75 Å². The molecule has 3 aromatic rings. The lowest BCUT2D eigenvalue weighted by atomic mass is 10.1. The van der Waals surface area contributed by atoms with Crippen molar-refractivity contribution < 1.29 is 10.2 Å². The first-order chi connectivity index (χ1) is 10.7. The van der Waals surface area contributed by atoms with E-state index in [-0.39, 0.29) is 12.4 Å². The lowest BCUT2D eigenvalue weighted by Crippen LogP contribution is -2.00. The Morgan fingerprint density at radius 1 is 1.32 bits per heavy atom. The van der Waals surface area contributed by atoms with Crippen LogP contribution in [0.4, 0.5) is 5.82 Å². The molecule has 112 valence electrons. The van der Waals surface area contributed by atoms with Crippen LogP contribution in [0.2, 0.25) is 0 Å². The van der Waals surface area contributed by atoms with E-state index in [1.807, 2.05) is 0 Å². The molecule has 0 aliphatic heterocycles. The lowest BCUT2D eigenvalue weighted by Gasteiger charge is -2.07. The van der Waals surface area contributed by atoms with Gasteiger partial charge < -0.3 is 15.2 Å². The minimum absolute atomic E-state index is 0.0218. The summed E-state index contributed by atoms with van der Waals surface area (Å²) in [7, 11) is 0. The molecule has 0 amide bonds. The summed E-state index contributed by atoms with van der Waals surface area (Å²) in [5, 5.41) is 23.3. The van der Waals surface area contributed by atoms with E-state index in [1.165, 1.54) is 25.1 Å². The lowest BCUT2D eigenvalue weighted by molar-refractivity contribution is 0.280. The molecule has 0 saturated heterocycles. The van der Waals surface area contributed by atoms with Gasteiger partial charge in [0, 0.05) is 17.3 Å². The van der Waals surface area contributed by atoms with Gasteiger partial charge in [-0.1, -0.05) is 0 Å². The van der Waals surface area contributed by atoms with Gasteiger partial charge in [-0.3, -0.25) is 10.4 Å². The number of fused-ring (bicyclic) bond motifs is 1. The Bertz CT molecular complexity index is 844. The van der Waals surface area contributed by atoms with E-state index in [2.05, 4.69) is 35.4 Å². The molecule has 0 fully saturated rings. The summed E-state index contributed by atoms with van der Waals surface area (Å²) >= 11 is 0. The summed E-state index contributed by atoms with van der Waals surface area (Å²) in [5.41, 5.74) is 5.23. The molecule has 0 aromatic carbocycles. The zero-order chi connectivity index (χ0) is 15.5. The van der Waals surface area contributed by atoms with Crippen LogP contribution in [0.1, 0.15) is 16.8 Å². The number of imidazole rings is 1. The van der Waals surface area contributed by atoms with E-state index >= 15 is 0 Å². The number of hydrogen-bond donors (Lipinski definition) is 4. The highest BCUT2D eigenvalue weighted by Crippen LogP contribution is 2.22. The Labute approximate surface area is 124 Å². The predicted octanol–water partition coefficient (Wildman–Crippen LogP) is 0.700. The number of nitrogens with zero attached hydrogens (tertiary/aromatic N) is 5. The summed E-state index contributed by atoms with van der Waals surface area (Å²) < 4.78 is 0. The summed E-state index contributed by atoms with van der Waals surface area (Å²) in [6.45, 7) is 1.42. The molecule has 0 unspecified atom stereocenters. The Hall–Kier alpha value is -3.07. The Morgan fingerprint density at radius 3 is 3.00 bits per heavy atom. The molecule has 0 saturated carbocycles. The number of aromatic nitrogens is 5. The van der Waals surface area contributed by atoms with Gasteiger partial charge in [0.05, 0.1) is 24.8 Å². The van der Waals surface area contributed by atoms with Gasteiger partial charge in [0.2, 0.25) is 0 Å². The number of aromatic amines is 1. The maximum absolute atomic E-state index is 10.0. The molecule has 4 N–H and O–H groups in total. The molecule has 0 radical (unpaired) electrons. The highest BCUT2D eigenvalue weighted by molar-refractivity contribution is 5.87. The zero-order valence-corrected chi connectivity index (χ0v) is 11.6. The number of nitrogens with one attached hydrogen (secondary N) is 2. The maximum atomic E-state index is 10.0. The normalized spacial score (nSPS) is 11.4. The van der Waals surface area contributed by atoms with Crippen LogP contribution < -0.4 is 5.43 Å². The van der Waals surface area contributed by atoms with E-state index in [0.717, 1.165) is 0 Å². The smallest absolute Gasteiger partial charge is 0.182 e. The Kier molecular flexibility index (Phi) is 3.62. The average molecular weight is 299 g/mol. The number of aryl methyl sites for hydroxylation is 1. The second-order valence-electron chi connectivity index (χ2n) is 4.48. The van der Waals surface area contributed by atoms with Crippen LogP contribution in [-0.4, -0.2) is 41.3 Å². The summed E-state index contributed by atoms with van der Waals surface area (Å²) in [6, 6.07) is 0. The monoisotopic (exact) mass is 299 g/mol. The molecular formula is C13H13N7O2. The standard InChI is InChI=1S/C13H13N7O2/c1-7-11(22)9(8(4-21)2-14-7)3-19-20-13-10-12(16-5-15-10)17-6-18-13/h2-3,5-6,21-22H,4H2,1H3,(H2,15,16,17,18,20)/b19-3+. The summed E-state index contributed by atoms with van der Waals surface area (Å²) in [4.78, 5) is 19.0. The number of rotatable bonds is 4. The first-order valence-electron chi connectivity index (χ1n) is 6.42. The van der Waals surface area contributed by atoms with Crippen LogP contribution in [0.15, 0.2) is 24.0 Å². The molecule has 3 heterocycles. The van der Waals surface area contributed by atoms with Crippen molar-refractivity contribution >= 4 is 23.2 Å². The van der Waals surface area contributed by atoms with Crippen molar-refractivity contribution in [3.63, 3.8) is 0 Å². The fourth-order valence-corrected chi connectivity index (χ4v) is 1.93. The number of aliphatic hydroxyl groups is 1. The van der Waals surface area contributed by atoms with Gasteiger partial charge >= 0.3 is 0 Å². The number of aliphatic hydroxyl groups excluding tert-OH is 1. The fraction of sp³-hybridized carbons (Fsp3) is 0.154. The Morgan fingerprint density at radius 2 is 2.18 bits per heavy atom. The van der Waals surface area contributed by atoms with Gasteiger partial charge in [-0.15, -0.1) is 0 Å². The minimum atomic E-state index is -0.250. The Balaban J connectivity index is 1.89. The van der Waals surface area contributed by atoms with E-state index < -0.39 is 0 Å².